The van der Waals surface area contributed by atoms with Gasteiger partial charge in [0, 0.05) is 12.5 Å². The number of esters is 1. The van der Waals surface area contributed by atoms with Gasteiger partial charge in [-0.05, 0) is 12.0 Å². The zero-order valence-electron chi connectivity index (χ0n) is 18.1. The fraction of sp³-hybridized carbons (Fsp3) is 0.762. The topological polar surface area (TPSA) is 164 Å². The number of hydrogen-bond acceptors (Lipinski definition) is 11. The highest BCUT2D eigenvalue weighted by Crippen LogP contribution is 2.45. The van der Waals surface area contributed by atoms with Crippen LogP contribution >= 0.6 is 0 Å². The van der Waals surface area contributed by atoms with E-state index in [9.17, 15) is 30.3 Å². The predicted molar refractivity (Wildman–Crippen MR) is 107 cm³/mol. The van der Waals surface area contributed by atoms with Crippen LogP contribution in [0.4, 0.5) is 0 Å². The van der Waals surface area contributed by atoms with Gasteiger partial charge in [0.05, 0.1) is 44.2 Å². The van der Waals surface area contributed by atoms with Crippen molar-refractivity contribution in [2.45, 2.75) is 62.9 Å². The molecule has 3 rings (SSSR count). The van der Waals surface area contributed by atoms with Gasteiger partial charge in [0.15, 0.2) is 6.29 Å². The van der Waals surface area contributed by atoms with Gasteiger partial charge in [0.1, 0.15) is 24.4 Å². The lowest BCUT2D eigenvalue weighted by atomic mass is 9.82. The lowest BCUT2D eigenvalue weighted by molar-refractivity contribution is -0.297. The fourth-order valence-electron chi connectivity index (χ4n) is 4.26. The van der Waals surface area contributed by atoms with E-state index in [0.717, 1.165) is 12.8 Å². The molecular weight excluding hydrogens is 428 g/mol. The molecule has 2 heterocycles. The molecule has 0 spiro atoms. The van der Waals surface area contributed by atoms with Crippen molar-refractivity contribution in [3.05, 3.63) is 23.5 Å². The molecular formula is C21H32O11. The molecule has 182 valence electrons. The monoisotopic (exact) mass is 460 g/mol. The molecule has 1 saturated heterocycles. The molecule has 11 heteroatoms. The molecule has 9 atom stereocenters. The molecule has 0 aromatic rings. The minimum atomic E-state index is -1.69. The Morgan fingerprint density at radius 1 is 1.09 bits per heavy atom. The van der Waals surface area contributed by atoms with Crippen LogP contribution in [0.3, 0.4) is 0 Å². The predicted octanol–water partition coefficient (Wildman–Crippen LogP) is -1.43. The van der Waals surface area contributed by atoms with Crippen LogP contribution < -0.4 is 0 Å². The van der Waals surface area contributed by atoms with E-state index in [4.69, 9.17) is 23.7 Å². The summed E-state index contributed by atoms with van der Waals surface area (Å²) in [6.45, 7) is 1.90. The van der Waals surface area contributed by atoms with Gasteiger partial charge in [-0.3, -0.25) is 0 Å². The Bertz CT molecular complexity index is 708. The number of carbonyl (C=O) groups excluding carboxylic acids is 1. The lowest BCUT2D eigenvalue weighted by Gasteiger charge is -2.40. The molecule has 2 aliphatic heterocycles. The van der Waals surface area contributed by atoms with Crippen molar-refractivity contribution in [3.8, 4) is 0 Å². The standard InChI is InChI=1S/C21H32O11/c1-3-4-5-29-12-6-10(7-22)14-15(12)11(19(26)28-2)8-30-21(14)31-9-13-16(23)17(24)18(25)20(27)32-13/h6,8,12-18,20-25,27H,3-5,7,9H2,1-2H3/t12-,13-,14-,15+,16-,17+,18-,20-,21+/m1/s1. The number of hydrogen-bond donors (Lipinski definition) is 5. The average molecular weight is 460 g/mol. The van der Waals surface area contributed by atoms with Gasteiger partial charge in [-0.1, -0.05) is 19.4 Å². The maximum Gasteiger partial charge on any atom is 0.337 e. The molecule has 0 saturated carbocycles. The molecule has 3 aliphatic rings. The maximum absolute atomic E-state index is 12.4. The molecule has 0 unspecified atom stereocenters. The largest absolute Gasteiger partial charge is 0.471 e. The van der Waals surface area contributed by atoms with Gasteiger partial charge in [0.25, 0.3) is 0 Å². The molecule has 0 aromatic heterocycles. The van der Waals surface area contributed by atoms with E-state index >= 15 is 0 Å². The molecule has 0 bridgehead atoms. The van der Waals surface area contributed by atoms with Crippen molar-refractivity contribution in [1.82, 2.24) is 0 Å². The number of methoxy groups -OCH3 is 1. The van der Waals surface area contributed by atoms with Crippen molar-refractivity contribution < 1.29 is 54.0 Å². The summed E-state index contributed by atoms with van der Waals surface area (Å²) in [5, 5.41) is 49.3. The van der Waals surface area contributed by atoms with Gasteiger partial charge in [-0.15, -0.1) is 0 Å². The second kappa shape index (κ2) is 11.0. The van der Waals surface area contributed by atoms with E-state index in [2.05, 4.69) is 0 Å². The molecule has 0 aromatic carbocycles. The molecule has 5 N–H and O–H groups in total. The summed E-state index contributed by atoms with van der Waals surface area (Å²) in [5.41, 5.74) is 0.818. The van der Waals surface area contributed by atoms with Crippen LogP contribution in [-0.2, 0) is 28.5 Å². The van der Waals surface area contributed by atoms with Crippen LogP contribution in [0.5, 0.6) is 0 Å². The van der Waals surface area contributed by atoms with Crippen LogP contribution in [0.1, 0.15) is 19.8 Å². The Balaban J connectivity index is 1.77. The Morgan fingerprint density at radius 3 is 2.50 bits per heavy atom. The summed E-state index contributed by atoms with van der Waals surface area (Å²) in [6.07, 6.45) is -4.31. The van der Waals surface area contributed by atoms with Gasteiger partial charge >= 0.3 is 5.97 Å². The molecule has 32 heavy (non-hydrogen) atoms. The minimum absolute atomic E-state index is 0.251. The van der Waals surface area contributed by atoms with Gasteiger partial charge in [0.2, 0.25) is 6.29 Å². The third-order valence-electron chi connectivity index (χ3n) is 6.05. The van der Waals surface area contributed by atoms with Gasteiger partial charge < -0.3 is 49.2 Å². The Labute approximate surface area is 185 Å². The smallest absolute Gasteiger partial charge is 0.337 e. The van der Waals surface area contributed by atoms with Crippen molar-refractivity contribution in [2.75, 3.05) is 26.9 Å². The van der Waals surface area contributed by atoms with Crippen LogP contribution in [0.15, 0.2) is 23.5 Å². The number of fused-ring (bicyclic) bond motifs is 1. The first-order valence-corrected chi connectivity index (χ1v) is 10.7. The molecule has 11 nitrogen and oxygen atoms in total. The van der Waals surface area contributed by atoms with Crippen LogP contribution in [0.2, 0.25) is 0 Å². The van der Waals surface area contributed by atoms with E-state index in [1.807, 2.05) is 6.92 Å². The molecule has 1 aliphatic carbocycles. The highest BCUT2D eigenvalue weighted by molar-refractivity contribution is 5.89. The summed E-state index contributed by atoms with van der Waals surface area (Å²) >= 11 is 0. The van der Waals surface area contributed by atoms with Crippen LogP contribution in [0, 0.1) is 11.8 Å². The van der Waals surface area contributed by atoms with Gasteiger partial charge in [-0.2, -0.15) is 0 Å². The summed E-state index contributed by atoms with van der Waals surface area (Å²) in [7, 11) is 1.26. The summed E-state index contributed by atoms with van der Waals surface area (Å²) < 4.78 is 27.4. The number of unbranched alkanes of at least 4 members (excludes halogenated alkanes) is 1. The fourth-order valence-corrected chi connectivity index (χ4v) is 4.26. The zero-order valence-corrected chi connectivity index (χ0v) is 18.1. The number of aliphatic hydroxyl groups is 5. The second-order valence-electron chi connectivity index (χ2n) is 8.08. The first kappa shape index (κ1) is 25.1. The van der Waals surface area contributed by atoms with E-state index in [0.29, 0.717) is 12.2 Å². The Morgan fingerprint density at radius 2 is 1.84 bits per heavy atom. The number of rotatable bonds is 9. The highest BCUT2D eigenvalue weighted by atomic mass is 16.7. The van der Waals surface area contributed by atoms with Gasteiger partial charge in [-0.25, -0.2) is 4.79 Å². The number of ether oxygens (including phenoxy) is 5. The van der Waals surface area contributed by atoms with Crippen LogP contribution in [-0.4, -0.2) is 102 Å². The minimum Gasteiger partial charge on any atom is -0.471 e. The Kier molecular flexibility index (Phi) is 8.64. The third kappa shape index (κ3) is 5.00. The summed E-state index contributed by atoms with van der Waals surface area (Å²) in [5.74, 6) is -1.68. The van der Waals surface area contributed by atoms with E-state index < -0.39 is 60.9 Å². The second-order valence-corrected chi connectivity index (χ2v) is 8.08. The molecule has 1 fully saturated rings. The first-order valence-electron chi connectivity index (χ1n) is 10.7. The molecule has 0 amide bonds. The highest BCUT2D eigenvalue weighted by Gasteiger charge is 2.50. The molecule has 0 radical (unpaired) electrons. The van der Waals surface area contributed by atoms with Crippen molar-refractivity contribution in [3.63, 3.8) is 0 Å². The van der Waals surface area contributed by atoms with Crippen molar-refractivity contribution in [2.24, 2.45) is 11.8 Å². The number of carbonyl (C=O) groups is 1. The SMILES string of the molecule is CCCCO[C@@H]1C=C(CO)[C@H]2[C@H](OC[C@H]3O[C@@H](O)[C@H](O)[C@@H](O)[C@@H]3O)OC=C(C(=O)OC)[C@H]21. The lowest BCUT2D eigenvalue weighted by Crippen LogP contribution is -2.59. The van der Waals surface area contributed by atoms with E-state index in [1.165, 1.54) is 13.4 Å². The van der Waals surface area contributed by atoms with Crippen LogP contribution in [0.25, 0.3) is 0 Å². The van der Waals surface area contributed by atoms with Crippen molar-refractivity contribution >= 4 is 5.97 Å². The van der Waals surface area contributed by atoms with Crippen molar-refractivity contribution in [1.29, 1.82) is 0 Å². The number of aliphatic hydroxyl groups excluding tert-OH is 5. The van der Waals surface area contributed by atoms with E-state index in [1.54, 1.807) is 6.08 Å². The summed E-state index contributed by atoms with van der Waals surface area (Å²) in [4.78, 5) is 12.4. The quantitative estimate of drug-likeness (QED) is 0.156. The maximum atomic E-state index is 12.4. The third-order valence-corrected chi connectivity index (χ3v) is 6.05. The average Bonchev–Trinajstić information content (AvgIpc) is 3.17. The Hall–Kier alpha value is -1.57. The zero-order chi connectivity index (χ0) is 23.4. The summed E-state index contributed by atoms with van der Waals surface area (Å²) in [6, 6.07) is 0. The normalized spacial score (nSPS) is 39.0. The van der Waals surface area contributed by atoms with E-state index in [-0.39, 0.29) is 18.8 Å². The first-order chi connectivity index (χ1) is 15.3.